The quantitative estimate of drug-likeness (QED) is 0.769. The fourth-order valence-electron chi connectivity index (χ4n) is 0.873. The standard InChI is InChI=1S/C8H8I2O3/c1-12-4-3-5(13-2)7(10)8(11)6(4)9/h3,11H,1-2H3. The molecule has 72 valence electrons. The van der Waals surface area contributed by atoms with Crippen LogP contribution in [-0.4, -0.2) is 19.3 Å². The molecule has 0 fully saturated rings. The van der Waals surface area contributed by atoms with Crippen molar-refractivity contribution in [2.75, 3.05) is 14.2 Å². The first-order chi connectivity index (χ1) is 6.11. The predicted octanol–water partition coefficient (Wildman–Crippen LogP) is 2.62. The average Bonchev–Trinajstić information content (AvgIpc) is 2.15. The largest absolute Gasteiger partial charge is 0.505 e. The molecule has 1 N–H and O–H groups in total. The third-order valence-corrected chi connectivity index (χ3v) is 3.64. The van der Waals surface area contributed by atoms with E-state index in [0.29, 0.717) is 18.6 Å². The van der Waals surface area contributed by atoms with E-state index < -0.39 is 0 Å². The molecule has 0 radical (unpaired) electrons. The van der Waals surface area contributed by atoms with Crippen LogP contribution in [0, 0.1) is 7.14 Å². The van der Waals surface area contributed by atoms with Crippen LogP contribution in [0.2, 0.25) is 0 Å². The molecule has 0 aromatic heterocycles. The average molecular weight is 406 g/mol. The summed E-state index contributed by atoms with van der Waals surface area (Å²) in [6, 6.07) is 1.75. The Morgan fingerprint density at radius 2 is 1.46 bits per heavy atom. The zero-order valence-corrected chi connectivity index (χ0v) is 11.4. The van der Waals surface area contributed by atoms with E-state index in [0.717, 1.165) is 0 Å². The maximum atomic E-state index is 9.66. The van der Waals surface area contributed by atoms with E-state index in [1.165, 1.54) is 0 Å². The molecule has 0 aliphatic carbocycles. The summed E-state index contributed by atoms with van der Waals surface area (Å²) in [4.78, 5) is 0. The van der Waals surface area contributed by atoms with Crippen LogP contribution < -0.4 is 9.47 Å². The molecule has 0 amide bonds. The van der Waals surface area contributed by atoms with Crippen LogP contribution in [0.25, 0.3) is 0 Å². The van der Waals surface area contributed by atoms with Gasteiger partial charge in [-0.2, -0.15) is 0 Å². The zero-order chi connectivity index (χ0) is 10.0. The number of phenolic OH excluding ortho intramolecular Hbond substituents is 1. The van der Waals surface area contributed by atoms with Gasteiger partial charge >= 0.3 is 0 Å². The van der Waals surface area contributed by atoms with E-state index >= 15 is 0 Å². The molecule has 0 saturated heterocycles. The van der Waals surface area contributed by atoms with Crippen LogP contribution in [0.1, 0.15) is 0 Å². The minimum atomic E-state index is 0.206. The lowest BCUT2D eigenvalue weighted by Crippen LogP contribution is -1.93. The van der Waals surface area contributed by atoms with Crippen molar-refractivity contribution in [2.45, 2.75) is 0 Å². The van der Waals surface area contributed by atoms with Crippen molar-refractivity contribution < 1.29 is 14.6 Å². The first-order valence-corrected chi connectivity index (χ1v) is 5.56. The van der Waals surface area contributed by atoms with Crippen LogP contribution in [-0.2, 0) is 0 Å². The predicted molar refractivity (Wildman–Crippen MR) is 66.6 cm³/mol. The molecule has 3 nitrogen and oxygen atoms in total. The van der Waals surface area contributed by atoms with Gasteiger partial charge in [0.15, 0.2) is 0 Å². The number of aromatic hydroxyl groups is 1. The van der Waals surface area contributed by atoms with Crippen molar-refractivity contribution in [3.8, 4) is 17.2 Å². The van der Waals surface area contributed by atoms with Crippen LogP contribution >= 0.6 is 45.2 Å². The molecular weight excluding hydrogens is 398 g/mol. The highest BCUT2D eigenvalue weighted by Crippen LogP contribution is 2.39. The molecule has 0 aliphatic rings. The van der Waals surface area contributed by atoms with E-state index in [2.05, 4.69) is 0 Å². The van der Waals surface area contributed by atoms with E-state index in [-0.39, 0.29) is 5.75 Å². The zero-order valence-electron chi connectivity index (χ0n) is 7.10. The van der Waals surface area contributed by atoms with Crippen LogP contribution in [0.15, 0.2) is 6.07 Å². The Kier molecular flexibility index (Phi) is 3.89. The van der Waals surface area contributed by atoms with E-state index in [1.54, 1.807) is 20.3 Å². The molecular formula is C8H8I2O3. The number of ether oxygens (including phenoxy) is 2. The van der Waals surface area contributed by atoms with Crippen molar-refractivity contribution in [1.82, 2.24) is 0 Å². The fraction of sp³-hybridized carbons (Fsp3) is 0.250. The summed E-state index contributed by atoms with van der Waals surface area (Å²) in [7, 11) is 3.12. The molecule has 0 spiro atoms. The number of benzene rings is 1. The van der Waals surface area contributed by atoms with E-state index in [1.807, 2.05) is 45.2 Å². The van der Waals surface area contributed by atoms with Gasteiger partial charge in [0.2, 0.25) is 0 Å². The van der Waals surface area contributed by atoms with Gasteiger partial charge < -0.3 is 14.6 Å². The van der Waals surface area contributed by atoms with E-state index in [4.69, 9.17) is 9.47 Å². The molecule has 1 aromatic rings. The fourth-order valence-corrected chi connectivity index (χ4v) is 2.68. The summed E-state index contributed by atoms with van der Waals surface area (Å²) in [6.07, 6.45) is 0. The first kappa shape index (κ1) is 11.2. The number of methoxy groups -OCH3 is 2. The molecule has 0 unspecified atom stereocenters. The second-order valence-corrected chi connectivity index (χ2v) is 4.42. The third kappa shape index (κ3) is 2.12. The Bertz CT molecular complexity index is 297. The van der Waals surface area contributed by atoms with Gasteiger partial charge in [0.05, 0.1) is 21.4 Å². The van der Waals surface area contributed by atoms with Crippen molar-refractivity contribution in [1.29, 1.82) is 0 Å². The summed E-state index contributed by atoms with van der Waals surface area (Å²) in [5.41, 5.74) is 0. The maximum Gasteiger partial charge on any atom is 0.149 e. The molecule has 0 atom stereocenters. The molecule has 0 saturated carbocycles. The normalized spacial score (nSPS) is 9.85. The Balaban J connectivity index is 3.36. The molecule has 0 heterocycles. The van der Waals surface area contributed by atoms with Gasteiger partial charge in [-0.05, 0) is 45.2 Å². The van der Waals surface area contributed by atoms with E-state index in [9.17, 15) is 5.11 Å². The number of halogens is 2. The lowest BCUT2D eigenvalue weighted by molar-refractivity contribution is 0.378. The lowest BCUT2D eigenvalue weighted by Gasteiger charge is -2.10. The van der Waals surface area contributed by atoms with Gasteiger partial charge in [-0.15, -0.1) is 0 Å². The van der Waals surface area contributed by atoms with Gasteiger partial charge in [0.1, 0.15) is 17.2 Å². The first-order valence-electron chi connectivity index (χ1n) is 3.40. The van der Waals surface area contributed by atoms with Crippen molar-refractivity contribution >= 4 is 45.2 Å². The smallest absolute Gasteiger partial charge is 0.149 e. The lowest BCUT2D eigenvalue weighted by atomic mass is 10.3. The highest BCUT2D eigenvalue weighted by atomic mass is 127. The minimum absolute atomic E-state index is 0.206. The van der Waals surface area contributed by atoms with Crippen molar-refractivity contribution in [3.63, 3.8) is 0 Å². The Hall–Kier alpha value is 0.0800. The Morgan fingerprint density at radius 3 is 1.77 bits per heavy atom. The summed E-state index contributed by atoms with van der Waals surface area (Å²) >= 11 is 4.06. The summed E-state index contributed by atoms with van der Waals surface area (Å²) in [5, 5.41) is 9.66. The summed E-state index contributed by atoms with van der Waals surface area (Å²) < 4.78 is 11.5. The second-order valence-electron chi connectivity index (χ2n) is 2.26. The van der Waals surface area contributed by atoms with Gasteiger partial charge in [-0.1, -0.05) is 0 Å². The SMILES string of the molecule is COc1cc(OC)c(I)c(O)c1I. The molecule has 13 heavy (non-hydrogen) atoms. The van der Waals surface area contributed by atoms with Crippen molar-refractivity contribution in [3.05, 3.63) is 13.2 Å². The number of hydrogen-bond acceptors (Lipinski definition) is 3. The van der Waals surface area contributed by atoms with Crippen molar-refractivity contribution in [2.24, 2.45) is 0 Å². The minimum Gasteiger partial charge on any atom is -0.505 e. The highest BCUT2D eigenvalue weighted by molar-refractivity contribution is 14.1. The molecule has 5 heteroatoms. The summed E-state index contributed by atoms with van der Waals surface area (Å²) in [5.74, 6) is 1.45. The molecule has 0 aliphatic heterocycles. The topological polar surface area (TPSA) is 38.7 Å². The number of phenols is 1. The highest BCUT2D eigenvalue weighted by Gasteiger charge is 2.14. The molecule has 0 bridgehead atoms. The van der Waals surface area contributed by atoms with Gasteiger partial charge in [-0.25, -0.2) is 0 Å². The van der Waals surface area contributed by atoms with Gasteiger partial charge in [-0.3, -0.25) is 0 Å². The molecule has 1 aromatic carbocycles. The van der Waals surface area contributed by atoms with Crippen LogP contribution in [0.4, 0.5) is 0 Å². The van der Waals surface area contributed by atoms with Gasteiger partial charge in [0, 0.05) is 6.07 Å². The number of hydrogen-bond donors (Lipinski definition) is 1. The second kappa shape index (κ2) is 4.54. The monoisotopic (exact) mass is 406 g/mol. The summed E-state index contributed by atoms with van der Waals surface area (Å²) in [6.45, 7) is 0. The maximum absolute atomic E-state index is 9.66. The van der Waals surface area contributed by atoms with Crippen LogP contribution in [0.3, 0.4) is 0 Å². The third-order valence-electron chi connectivity index (χ3n) is 1.55. The molecule has 1 rings (SSSR count). The van der Waals surface area contributed by atoms with Crippen LogP contribution in [0.5, 0.6) is 17.2 Å². The Morgan fingerprint density at radius 1 is 1.08 bits per heavy atom. The Labute approximate surface area is 104 Å². The number of rotatable bonds is 2. The van der Waals surface area contributed by atoms with Gasteiger partial charge in [0.25, 0.3) is 0 Å².